The van der Waals surface area contributed by atoms with Crippen LogP contribution in [-0.4, -0.2) is 22.7 Å². The number of anilines is 1. The molecule has 1 aliphatic heterocycles. The van der Waals surface area contributed by atoms with Crippen LogP contribution < -0.4 is 14.4 Å². The van der Waals surface area contributed by atoms with Crippen LogP contribution in [0.3, 0.4) is 0 Å². The summed E-state index contributed by atoms with van der Waals surface area (Å²) in [5.74, 6) is 0.380. The Morgan fingerprint density at radius 1 is 1.03 bits per heavy atom. The maximum Gasteiger partial charge on any atom is 0.298 e. The highest BCUT2D eigenvalue weighted by Crippen LogP contribution is 2.37. The highest BCUT2D eigenvalue weighted by molar-refractivity contribution is 8.19. The lowest BCUT2D eigenvalue weighted by Gasteiger charge is -2.13. The summed E-state index contributed by atoms with van der Waals surface area (Å²) in [6, 6.07) is 17.9. The van der Waals surface area contributed by atoms with Gasteiger partial charge in [-0.3, -0.25) is 19.7 Å². The number of para-hydroxylation sites is 1. The van der Waals surface area contributed by atoms with Crippen LogP contribution in [0.2, 0.25) is 5.02 Å². The number of nitrogens with zero attached hydrogens (tertiary/aromatic N) is 2. The molecule has 0 N–H and O–H groups in total. The molecule has 10 heteroatoms. The summed E-state index contributed by atoms with van der Waals surface area (Å²) >= 11 is 6.74. The van der Waals surface area contributed by atoms with Crippen LogP contribution >= 0.6 is 23.4 Å². The number of imide groups is 1. The van der Waals surface area contributed by atoms with Gasteiger partial charge in [-0.2, -0.15) is 0 Å². The molecule has 3 aromatic carbocycles. The van der Waals surface area contributed by atoms with Gasteiger partial charge in [0.1, 0.15) is 6.61 Å². The number of hydrogen-bond acceptors (Lipinski definition) is 7. The van der Waals surface area contributed by atoms with Crippen LogP contribution in [0.25, 0.3) is 6.08 Å². The Labute approximate surface area is 210 Å². The lowest BCUT2D eigenvalue weighted by atomic mass is 10.1. The van der Waals surface area contributed by atoms with E-state index in [-0.39, 0.29) is 17.2 Å². The monoisotopic (exact) mass is 510 g/mol. The van der Waals surface area contributed by atoms with E-state index in [0.717, 1.165) is 16.7 Å². The molecule has 0 aliphatic carbocycles. The average Bonchev–Trinajstić information content (AvgIpc) is 3.12. The molecule has 3 aromatic rings. The molecule has 0 saturated carbocycles. The van der Waals surface area contributed by atoms with Crippen molar-refractivity contribution in [3.8, 4) is 11.5 Å². The number of carbonyl (C=O) groups is 2. The molecule has 8 nitrogen and oxygen atoms in total. The summed E-state index contributed by atoms with van der Waals surface area (Å²) in [5, 5.41) is 11.3. The van der Waals surface area contributed by atoms with Gasteiger partial charge in [0.25, 0.3) is 16.8 Å². The zero-order chi connectivity index (χ0) is 24.9. The van der Waals surface area contributed by atoms with E-state index < -0.39 is 16.1 Å². The highest BCUT2D eigenvalue weighted by atomic mass is 35.5. The van der Waals surface area contributed by atoms with Gasteiger partial charge in [0.05, 0.1) is 27.7 Å². The lowest BCUT2D eigenvalue weighted by Crippen LogP contribution is -2.27. The minimum atomic E-state index is -0.456. The number of nitro groups is 1. The number of hydrogen-bond donors (Lipinski definition) is 0. The lowest BCUT2D eigenvalue weighted by molar-refractivity contribution is -0.385. The molecule has 0 radical (unpaired) electrons. The smallest absolute Gasteiger partial charge is 0.298 e. The fourth-order valence-electron chi connectivity index (χ4n) is 3.40. The maximum absolute atomic E-state index is 12.9. The van der Waals surface area contributed by atoms with Crippen molar-refractivity contribution in [1.82, 2.24) is 0 Å². The second-order valence-electron chi connectivity index (χ2n) is 7.31. The normalized spacial score (nSPS) is 14.5. The summed E-state index contributed by atoms with van der Waals surface area (Å²) in [7, 11) is 0. The Bertz CT molecular complexity index is 1330. The van der Waals surface area contributed by atoms with Crippen molar-refractivity contribution in [3.63, 3.8) is 0 Å². The van der Waals surface area contributed by atoms with Gasteiger partial charge in [-0.05, 0) is 72.8 Å². The summed E-state index contributed by atoms with van der Waals surface area (Å²) in [6.45, 7) is 2.16. The van der Waals surface area contributed by atoms with Crippen molar-refractivity contribution in [3.05, 3.63) is 97.9 Å². The molecule has 0 atom stereocenters. The second kappa shape index (κ2) is 10.6. The molecule has 0 bridgehead atoms. The molecule has 1 saturated heterocycles. The molecule has 1 aliphatic rings. The average molecular weight is 511 g/mol. The molecule has 1 fully saturated rings. The quantitative estimate of drug-likeness (QED) is 0.194. The third-order valence-electron chi connectivity index (χ3n) is 5.02. The third-order valence-corrected chi connectivity index (χ3v) is 6.14. The van der Waals surface area contributed by atoms with E-state index in [1.54, 1.807) is 66.7 Å². The van der Waals surface area contributed by atoms with E-state index >= 15 is 0 Å². The summed E-state index contributed by atoms with van der Waals surface area (Å²) in [5.41, 5.74) is 1.47. The SMILES string of the molecule is CCOc1cc(/C=C2\SC(=O)N(c3ccc(Cl)cc3)C2=O)ccc1OCc1ccccc1[N+](=O)[O-]. The molecule has 2 amide bonds. The summed E-state index contributed by atoms with van der Waals surface area (Å²) < 4.78 is 11.5. The van der Waals surface area contributed by atoms with Crippen molar-refractivity contribution in [1.29, 1.82) is 0 Å². The topological polar surface area (TPSA) is 99.0 Å². The Morgan fingerprint density at radius 2 is 1.77 bits per heavy atom. The van der Waals surface area contributed by atoms with Gasteiger partial charge >= 0.3 is 0 Å². The Kier molecular flexibility index (Phi) is 7.38. The largest absolute Gasteiger partial charge is 0.490 e. The number of rotatable bonds is 8. The van der Waals surface area contributed by atoms with E-state index in [9.17, 15) is 19.7 Å². The maximum atomic E-state index is 12.9. The van der Waals surface area contributed by atoms with Crippen LogP contribution in [-0.2, 0) is 11.4 Å². The van der Waals surface area contributed by atoms with E-state index in [1.807, 2.05) is 6.92 Å². The Balaban J connectivity index is 1.56. The molecular formula is C25H19ClN2O6S. The van der Waals surface area contributed by atoms with E-state index in [1.165, 1.54) is 6.07 Å². The zero-order valence-corrected chi connectivity index (χ0v) is 20.0. The molecule has 0 unspecified atom stereocenters. The van der Waals surface area contributed by atoms with Gasteiger partial charge < -0.3 is 9.47 Å². The van der Waals surface area contributed by atoms with Crippen LogP contribution in [0.1, 0.15) is 18.1 Å². The first-order chi connectivity index (χ1) is 16.9. The van der Waals surface area contributed by atoms with Gasteiger partial charge in [-0.15, -0.1) is 0 Å². The standard InChI is InChI=1S/C25H19ClN2O6S/c1-2-33-22-13-16(7-12-21(22)34-15-17-5-3-4-6-20(17)28(31)32)14-23-24(29)27(25(30)35-23)19-10-8-18(26)9-11-19/h3-14H,2,15H2,1H3/b23-14-. The minimum absolute atomic E-state index is 0.0173. The first-order valence-corrected chi connectivity index (χ1v) is 11.7. The summed E-state index contributed by atoms with van der Waals surface area (Å²) in [6.07, 6.45) is 1.61. The molecule has 35 heavy (non-hydrogen) atoms. The van der Waals surface area contributed by atoms with Crippen LogP contribution in [0.5, 0.6) is 11.5 Å². The van der Waals surface area contributed by atoms with Crippen molar-refractivity contribution < 1.29 is 24.0 Å². The first-order valence-electron chi connectivity index (χ1n) is 10.5. The Morgan fingerprint density at radius 3 is 2.49 bits per heavy atom. The summed E-state index contributed by atoms with van der Waals surface area (Å²) in [4.78, 5) is 37.5. The number of halogens is 1. The Hall–Kier alpha value is -3.82. The van der Waals surface area contributed by atoms with E-state index in [4.69, 9.17) is 21.1 Å². The zero-order valence-electron chi connectivity index (χ0n) is 18.5. The third kappa shape index (κ3) is 5.47. The number of thioether (sulfide) groups is 1. The van der Waals surface area contributed by atoms with Crippen LogP contribution in [0.15, 0.2) is 71.6 Å². The minimum Gasteiger partial charge on any atom is -0.490 e. The first kappa shape index (κ1) is 24.3. The van der Waals surface area contributed by atoms with Gasteiger partial charge in [-0.1, -0.05) is 29.8 Å². The molecule has 1 heterocycles. The number of nitro benzene ring substituents is 1. The van der Waals surface area contributed by atoms with E-state index in [0.29, 0.717) is 39.9 Å². The van der Waals surface area contributed by atoms with Gasteiger partial charge in [-0.25, -0.2) is 4.90 Å². The molecule has 178 valence electrons. The number of carbonyl (C=O) groups excluding carboxylic acids is 2. The predicted molar refractivity (Wildman–Crippen MR) is 135 cm³/mol. The molecular weight excluding hydrogens is 492 g/mol. The van der Waals surface area contributed by atoms with Gasteiger partial charge in [0, 0.05) is 11.1 Å². The molecule has 0 aromatic heterocycles. The van der Waals surface area contributed by atoms with Crippen LogP contribution in [0, 0.1) is 10.1 Å². The highest BCUT2D eigenvalue weighted by Gasteiger charge is 2.36. The predicted octanol–water partition coefficient (Wildman–Crippen LogP) is 6.47. The molecule has 0 spiro atoms. The number of benzene rings is 3. The fourth-order valence-corrected chi connectivity index (χ4v) is 4.37. The van der Waals surface area contributed by atoms with Crippen molar-refractivity contribution in [2.75, 3.05) is 11.5 Å². The number of ether oxygens (including phenoxy) is 2. The van der Waals surface area contributed by atoms with E-state index in [2.05, 4.69) is 0 Å². The van der Waals surface area contributed by atoms with Gasteiger partial charge in [0.2, 0.25) is 0 Å². The van der Waals surface area contributed by atoms with Crippen LogP contribution in [0.4, 0.5) is 16.2 Å². The number of amides is 2. The van der Waals surface area contributed by atoms with Crippen molar-refractivity contribution in [2.45, 2.75) is 13.5 Å². The van der Waals surface area contributed by atoms with Crippen molar-refractivity contribution >= 4 is 52.0 Å². The molecule has 4 rings (SSSR count). The van der Waals surface area contributed by atoms with Gasteiger partial charge in [0.15, 0.2) is 11.5 Å². The fraction of sp³-hybridized carbons (Fsp3) is 0.120. The van der Waals surface area contributed by atoms with Crippen molar-refractivity contribution in [2.24, 2.45) is 0 Å². The second-order valence-corrected chi connectivity index (χ2v) is 8.74.